The summed E-state index contributed by atoms with van der Waals surface area (Å²) in [5.41, 5.74) is 1.38. The molecule has 1 saturated carbocycles. The first kappa shape index (κ1) is 27.7. The summed E-state index contributed by atoms with van der Waals surface area (Å²) in [5.74, 6) is -2.87. The van der Waals surface area contributed by atoms with Gasteiger partial charge in [0.15, 0.2) is 11.6 Å². The fourth-order valence-corrected chi connectivity index (χ4v) is 7.23. The predicted octanol–water partition coefficient (Wildman–Crippen LogP) is 7.72. The van der Waals surface area contributed by atoms with E-state index in [0.717, 1.165) is 23.4 Å². The van der Waals surface area contributed by atoms with Crippen molar-refractivity contribution in [3.63, 3.8) is 0 Å². The van der Waals surface area contributed by atoms with Gasteiger partial charge in [0.2, 0.25) is 5.82 Å². The predicted molar refractivity (Wildman–Crippen MR) is 155 cm³/mol. The van der Waals surface area contributed by atoms with Gasteiger partial charge in [0.05, 0.1) is 28.5 Å². The second-order valence-electron chi connectivity index (χ2n) is 11.4. The zero-order chi connectivity index (χ0) is 30.0. The summed E-state index contributed by atoms with van der Waals surface area (Å²) in [6.07, 6.45) is 11.1. The minimum Gasteiger partial charge on any atom is -0.497 e. The van der Waals surface area contributed by atoms with E-state index in [2.05, 4.69) is 28.0 Å². The van der Waals surface area contributed by atoms with Crippen molar-refractivity contribution in [2.45, 2.75) is 36.5 Å². The standard InChI is InChI=1S/C32H28F3N3O4S/c1-32(9-11-41-27-16(4-3-5-21(27)32)18-13-19(18)31(39)40)23-14-37-30(38-23)20-12-15(6-7-22(20)33)42-28-25(35)24(34)26-17(8-10-36-26)29(28)43-2/h3,5-8,10,12,14,16,18-19,36H,4,9,11,13H2,1-2H3,(H,37,38)(H,39,40)/t16?,18-,19-,32+/m1/s1. The normalized spacial score (nSPS) is 24.6. The van der Waals surface area contributed by atoms with Crippen LogP contribution < -0.4 is 4.74 Å². The van der Waals surface area contributed by atoms with Crippen molar-refractivity contribution in [3.8, 4) is 22.9 Å². The molecule has 2 aromatic heterocycles. The molecular weight excluding hydrogens is 579 g/mol. The molecule has 7 rings (SSSR count). The molecule has 2 aliphatic carbocycles. The van der Waals surface area contributed by atoms with Gasteiger partial charge in [-0.25, -0.2) is 13.8 Å². The number of carboxylic acids is 1. The lowest BCUT2D eigenvalue weighted by Gasteiger charge is -2.40. The van der Waals surface area contributed by atoms with Crippen molar-refractivity contribution in [2.75, 3.05) is 12.9 Å². The van der Waals surface area contributed by atoms with Gasteiger partial charge in [-0.2, -0.15) is 4.39 Å². The minimum atomic E-state index is -1.14. The molecule has 3 N–H and O–H groups in total. The molecule has 4 atom stereocenters. The molecular formula is C32H28F3N3O4S. The highest BCUT2D eigenvalue weighted by atomic mass is 32.2. The van der Waals surface area contributed by atoms with Crippen LogP contribution in [0.15, 0.2) is 65.0 Å². The zero-order valence-electron chi connectivity index (χ0n) is 23.3. The summed E-state index contributed by atoms with van der Waals surface area (Å²) in [6, 6.07) is 5.62. The van der Waals surface area contributed by atoms with Crippen LogP contribution in [0.5, 0.6) is 11.5 Å². The van der Waals surface area contributed by atoms with Crippen LogP contribution in [-0.2, 0) is 14.9 Å². The van der Waals surface area contributed by atoms with Gasteiger partial charge in [-0.05, 0) is 62.6 Å². The first-order valence-electron chi connectivity index (χ1n) is 14.0. The van der Waals surface area contributed by atoms with Crippen LogP contribution in [0, 0.1) is 35.2 Å². The van der Waals surface area contributed by atoms with Gasteiger partial charge in [0.1, 0.15) is 23.2 Å². The van der Waals surface area contributed by atoms with E-state index in [1.54, 1.807) is 18.5 Å². The number of H-pyrrole nitrogens is 2. The summed E-state index contributed by atoms with van der Waals surface area (Å²) < 4.78 is 57.0. The third kappa shape index (κ3) is 4.43. The van der Waals surface area contributed by atoms with E-state index >= 15 is 8.78 Å². The third-order valence-corrected chi connectivity index (χ3v) is 9.81. The summed E-state index contributed by atoms with van der Waals surface area (Å²) in [5, 5.41) is 9.97. The summed E-state index contributed by atoms with van der Waals surface area (Å²) in [6.45, 7) is 2.53. The molecule has 2 aromatic carbocycles. The van der Waals surface area contributed by atoms with Crippen LogP contribution in [0.4, 0.5) is 13.2 Å². The van der Waals surface area contributed by atoms with Crippen molar-refractivity contribution in [2.24, 2.45) is 17.8 Å². The highest BCUT2D eigenvalue weighted by Crippen LogP contribution is 2.54. The molecule has 11 heteroatoms. The number of carbonyl (C=O) groups is 1. The lowest BCUT2D eigenvalue weighted by Crippen LogP contribution is -2.35. The van der Waals surface area contributed by atoms with Crippen LogP contribution in [0.1, 0.15) is 31.9 Å². The number of allylic oxidation sites excluding steroid dienone is 4. The van der Waals surface area contributed by atoms with Crippen LogP contribution in [0.2, 0.25) is 0 Å². The number of aromatic nitrogens is 3. The van der Waals surface area contributed by atoms with Crippen molar-refractivity contribution < 1.29 is 32.5 Å². The number of rotatable bonds is 7. The molecule has 1 unspecified atom stereocenters. The average molecular weight is 608 g/mol. The fourth-order valence-electron chi connectivity index (χ4n) is 6.53. The number of thioether (sulfide) groups is 1. The number of nitrogens with one attached hydrogen (secondary N) is 2. The number of aliphatic carboxylic acids is 1. The number of halogens is 3. The molecule has 1 aliphatic heterocycles. The molecule has 1 fully saturated rings. The van der Waals surface area contributed by atoms with Crippen LogP contribution in [0.3, 0.4) is 0 Å². The Bertz CT molecular complexity index is 1850. The van der Waals surface area contributed by atoms with Gasteiger partial charge in [-0.3, -0.25) is 4.79 Å². The van der Waals surface area contributed by atoms with Gasteiger partial charge in [-0.15, -0.1) is 11.8 Å². The van der Waals surface area contributed by atoms with E-state index in [1.165, 1.54) is 36.2 Å². The number of carboxylic acid groups (broad SMARTS) is 1. The Labute approximate surface area is 249 Å². The lowest BCUT2D eigenvalue weighted by atomic mass is 9.70. The van der Waals surface area contributed by atoms with Crippen LogP contribution >= 0.6 is 11.8 Å². The number of hydrogen-bond acceptors (Lipinski definition) is 5. The molecule has 4 aromatic rings. The fraction of sp³-hybridized carbons (Fsp3) is 0.312. The molecule has 43 heavy (non-hydrogen) atoms. The molecule has 0 bridgehead atoms. The van der Waals surface area contributed by atoms with Gasteiger partial charge in [0, 0.05) is 40.4 Å². The molecule has 3 heterocycles. The van der Waals surface area contributed by atoms with Gasteiger partial charge in [-0.1, -0.05) is 12.2 Å². The third-order valence-electron chi connectivity index (χ3n) is 9.00. The van der Waals surface area contributed by atoms with Crippen molar-refractivity contribution in [1.29, 1.82) is 0 Å². The monoisotopic (exact) mass is 607 g/mol. The Morgan fingerprint density at radius 3 is 2.84 bits per heavy atom. The Morgan fingerprint density at radius 2 is 2.07 bits per heavy atom. The molecule has 0 spiro atoms. The lowest BCUT2D eigenvalue weighted by molar-refractivity contribution is -0.139. The number of ether oxygens (including phenoxy) is 2. The molecule has 222 valence electrons. The number of aromatic amines is 2. The van der Waals surface area contributed by atoms with Gasteiger partial charge in [0.25, 0.3) is 0 Å². The quantitative estimate of drug-likeness (QED) is 0.186. The van der Waals surface area contributed by atoms with Crippen molar-refractivity contribution in [3.05, 3.63) is 83.3 Å². The first-order valence-corrected chi connectivity index (χ1v) is 15.3. The number of fused-ring (bicyclic) bond motifs is 1. The van der Waals surface area contributed by atoms with E-state index in [4.69, 9.17) is 9.47 Å². The topological polar surface area (TPSA) is 100 Å². The number of hydrogen-bond donors (Lipinski definition) is 3. The Morgan fingerprint density at radius 1 is 1.23 bits per heavy atom. The molecule has 3 aliphatic rings. The van der Waals surface area contributed by atoms with E-state index in [0.29, 0.717) is 29.7 Å². The second-order valence-corrected chi connectivity index (χ2v) is 12.3. The number of imidazole rings is 1. The van der Waals surface area contributed by atoms with E-state index in [9.17, 15) is 14.3 Å². The first-order chi connectivity index (χ1) is 20.7. The second kappa shape index (κ2) is 10.3. The highest BCUT2D eigenvalue weighted by molar-refractivity contribution is 7.99. The summed E-state index contributed by atoms with van der Waals surface area (Å²) in [4.78, 5) is 22.5. The Kier molecular flexibility index (Phi) is 6.61. The molecule has 0 saturated heterocycles. The maximum atomic E-state index is 15.2. The Balaban J connectivity index is 1.22. The summed E-state index contributed by atoms with van der Waals surface area (Å²) >= 11 is 1.22. The molecule has 0 radical (unpaired) electrons. The SMILES string of the molecule is CSc1c(Oc2ccc(F)c(-c3ncc([C@@]4(C)CCOC5=C4C=CCC5[C@H]4C[C@H]4C(=O)O)[nH]3)c2)c(F)c(F)c2[nH]ccc12. The van der Waals surface area contributed by atoms with Crippen molar-refractivity contribution in [1.82, 2.24) is 15.0 Å². The smallest absolute Gasteiger partial charge is 0.306 e. The van der Waals surface area contributed by atoms with Gasteiger partial charge < -0.3 is 24.5 Å². The average Bonchev–Trinajstić information content (AvgIpc) is 3.38. The zero-order valence-corrected chi connectivity index (χ0v) is 24.2. The van der Waals surface area contributed by atoms with E-state index < -0.39 is 28.8 Å². The maximum absolute atomic E-state index is 15.2. The molecule has 7 nitrogen and oxygen atoms in total. The minimum absolute atomic E-state index is 0.0105. The van der Waals surface area contributed by atoms with Crippen LogP contribution in [-0.4, -0.2) is 38.9 Å². The Hall–Kier alpha value is -4.12. The number of benzene rings is 2. The highest BCUT2D eigenvalue weighted by Gasteiger charge is 2.52. The number of nitrogens with zero attached hydrogens (tertiary/aromatic N) is 1. The molecule has 0 amide bonds. The van der Waals surface area contributed by atoms with E-state index in [-0.39, 0.29) is 46.2 Å². The van der Waals surface area contributed by atoms with Crippen LogP contribution in [0.25, 0.3) is 22.3 Å². The maximum Gasteiger partial charge on any atom is 0.306 e. The van der Waals surface area contributed by atoms with Crippen molar-refractivity contribution >= 4 is 28.6 Å². The largest absolute Gasteiger partial charge is 0.497 e. The van der Waals surface area contributed by atoms with Gasteiger partial charge >= 0.3 is 5.97 Å². The summed E-state index contributed by atoms with van der Waals surface area (Å²) in [7, 11) is 0. The van der Waals surface area contributed by atoms with E-state index in [1.807, 2.05) is 6.08 Å².